The summed E-state index contributed by atoms with van der Waals surface area (Å²) in [5.41, 5.74) is 2.63. The van der Waals surface area contributed by atoms with Gasteiger partial charge in [-0.1, -0.05) is 17.7 Å². The van der Waals surface area contributed by atoms with Crippen LogP contribution in [0.2, 0.25) is 0 Å². The summed E-state index contributed by atoms with van der Waals surface area (Å²) in [5.74, 6) is 0. The highest BCUT2D eigenvalue weighted by Gasteiger charge is 2.22. The molecule has 100 valence electrons. The van der Waals surface area contributed by atoms with E-state index in [9.17, 15) is 0 Å². The first kappa shape index (κ1) is 13.4. The molecule has 0 aliphatic carbocycles. The molecule has 1 N–H and O–H groups in total. The number of aliphatic hydroxyl groups excluding tert-OH is 1. The average Bonchev–Trinajstić information content (AvgIpc) is 2.40. The van der Waals surface area contributed by atoms with Gasteiger partial charge in [-0.3, -0.25) is 4.90 Å². The molecule has 0 amide bonds. The third-order valence-electron chi connectivity index (χ3n) is 3.87. The first-order valence-electron chi connectivity index (χ1n) is 6.83. The lowest BCUT2D eigenvalue weighted by Gasteiger charge is -2.38. The van der Waals surface area contributed by atoms with Crippen LogP contribution in [0.3, 0.4) is 0 Å². The molecule has 1 fully saturated rings. The van der Waals surface area contributed by atoms with E-state index in [1.165, 1.54) is 24.1 Å². The average molecular weight is 248 g/mol. The molecule has 0 saturated carbocycles. The van der Waals surface area contributed by atoms with Gasteiger partial charge in [0.05, 0.1) is 6.61 Å². The Kier molecular flexibility index (Phi) is 4.61. The number of rotatable bonds is 4. The predicted molar refractivity (Wildman–Crippen MR) is 76.1 cm³/mol. The number of nitrogens with zero attached hydrogens (tertiary/aromatic N) is 2. The van der Waals surface area contributed by atoms with E-state index in [0.29, 0.717) is 6.04 Å². The van der Waals surface area contributed by atoms with Gasteiger partial charge in [-0.15, -0.1) is 0 Å². The Morgan fingerprint density at radius 2 is 2.06 bits per heavy atom. The Morgan fingerprint density at radius 3 is 2.72 bits per heavy atom. The minimum atomic E-state index is 0.248. The number of benzene rings is 1. The Hall–Kier alpha value is -1.06. The Morgan fingerprint density at radius 1 is 1.33 bits per heavy atom. The second kappa shape index (κ2) is 6.21. The topological polar surface area (TPSA) is 26.7 Å². The molecule has 1 aromatic carbocycles. The lowest BCUT2D eigenvalue weighted by Crippen LogP contribution is -2.47. The van der Waals surface area contributed by atoms with Crippen molar-refractivity contribution in [1.29, 1.82) is 0 Å². The minimum absolute atomic E-state index is 0.248. The zero-order chi connectivity index (χ0) is 13.0. The lowest BCUT2D eigenvalue weighted by atomic mass is 10.0. The first-order valence-corrected chi connectivity index (χ1v) is 6.83. The molecule has 18 heavy (non-hydrogen) atoms. The van der Waals surface area contributed by atoms with Gasteiger partial charge >= 0.3 is 0 Å². The molecule has 3 heteroatoms. The second-order valence-electron chi connectivity index (χ2n) is 5.28. The molecule has 0 spiro atoms. The number of aryl methyl sites for hydroxylation is 1. The second-order valence-corrected chi connectivity index (χ2v) is 5.28. The monoisotopic (exact) mass is 248 g/mol. The highest BCUT2D eigenvalue weighted by Crippen LogP contribution is 2.22. The fourth-order valence-corrected chi connectivity index (χ4v) is 2.64. The van der Waals surface area contributed by atoms with E-state index in [1.54, 1.807) is 0 Å². The van der Waals surface area contributed by atoms with Gasteiger partial charge < -0.3 is 10.0 Å². The number of piperidine rings is 1. The summed E-state index contributed by atoms with van der Waals surface area (Å²) in [4.78, 5) is 4.74. The van der Waals surface area contributed by atoms with Crippen LogP contribution in [0, 0.1) is 6.92 Å². The van der Waals surface area contributed by atoms with E-state index in [2.05, 4.69) is 48.0 Å². The maximum atomic E-state index is 9.03. The van der Waals surface area contributed by atoms with Crippen LogP contribution in [0.4, 0.5) is 5.69 Å². The van der Waals surface area contributed by atoms with Crippen LogP contribution in [0.25, 0.3) is 0 Å². The van der Waals surface area contributed by atoms with Crippen LogP contribution < -0.4 is 4.90 Å². The highest BCUT2D eigenvalue weighted by atomic mass is 16.3. The van der Waals surface area contributed by atoms with Crippen LogP contribution >= 0.6 is 0 Å². The molecule has 1 atom stereocenters. The fourth-order valence-electron chi connectivity index (χ4n) is 2.64. The summed E-state index contributed by atoms with van der Waals surface area (Å²) in [6.07, 6.45) is 2.47. The summed E-state index contributed by atoms with van der Waals surface area (Å²) >= 11 is 0. The van der Waals surface area contributed by atoms with Crippen molar-refractivity contribution in [2.75, 3.05) is 38.2 Å². The smallest absolute Gasteiger partial charge is 0.0558 e. The van der Waals surface area contributed by atoms with E-state index >= 15 is 0 Å². The molecule has 1 aliphatic heterocycles. The normalized spacial score (nSPS) is 20.4. The van der Waals surface area contributed by atoms with Gasteiger partial charge in [0.1, 0.15) is 0 Å². The summed E-state index contributed by atoms with van der Waals surface area (Å²) in [7, 11) is 2.11. The number of hydrogen-bond donors (Lipinski definition) is 1. The van der Waals surface area contributed by atoms with Gasteiger partial charge in [-0.05, 0) is 38.9 Å². The molecular formula is C15H24N2O. The van der Waals surface area contributed by atoms with Gasteiger partial charge in [-0.2, -0.15) is 0 Å². The number of hydrogen-bond acceptors (Lipinski definition) is 3. The lowest BCUT2D eigenvalue weighted by molar-refractivity contribution is 0.166. The number of anilines is 1. The minimum Gasteiger partial charge on any atom is -0.395 e. The number of aliphatic hydroxyl groups is 1. The first-order chi connectivity index (χ1) is 8.70. The van der Waals surface area contributed by atoms with Crippen molar-refractivity contribution in [1.82, 2.24) is 4.90 Å². The Balaban J connectivity index is 2.00. The maximum Gasteiger partial charge on any atom is 0.0558 e. The van der Waals surface area contributed by atoms with Crippen molar-refractivity contribution in [2.24, 2.45) is 0 Å². The van der Waals surface area contributed by atoms with E-state index in [4.69, 9.17) is 5.11 Å². The van der Waals surface area contributed by atoms with E-state index in [1.807, 2.05) is 0 Å². The van der Waals surface area contributed by atoms with Crippen LogP contribution in [0.15, 0.2) is 24.3 Å². The Bertz CT molecular complexity index is 363. The van der Waals surface area contributed by atoms with Crippen molar-refractivity contribution in [3.63, 3.8) is 0 Å². The molecule has 0 aromatic heterocycles. The number of likely N-dealkylation sites (N-methyl/N-ethyl adjacent to an activating group) is 1. The molecule has 0 bridgehead atoms. The van der Waals surface area contributed by atoms with E-state index in [0.717, 1.165) is 19.6 Å². The molecule has 3 nitrogen and oxygen atoms in total. The Labute approximate surface area is 110 Å². The SMILES string of the molecule is Cc1ccc(N2CCCC(N(C)CCO)C2)cc1. The van der Waals surface area contributed by atoms with Crippen molar-refractivity contribution >= 4 is 5.69 Å². The molecule has 1 saturated heterocycles. The summed E-state index contributed by atoms with van der Waals surface area (Å²) in [6.45, 7) is 5.35. The van der Waals surface area contributed by atoms with Gasteiger partial charge in [0.25, 0.3) is 0 Å². The third kappa shape index (κ3) is 3.24. The quantitative estimate of drug-likeness (QED) is 0.881. The van der Waals surface area contributed by atoms with Gasteiger partial charge in [0, 0.05) is 31.4 Å². The molecule has 2 rings (SSSR count). The van der Waals surface area contributed by atoms with E-state index < -0.39 is 0 Å². The summed E-state index contributed by atoms with van der Waals surface area (Å²) in [6, 6.07) is 9.34. The van der Waals surface area contributed by atoms with Crippen LogP contribution in [0.1, 0.15) is 18.4 Å². The standard InChI is InChI=1S/C15H24N2O/c1-13-5-7-14(8-6-13)17-9-3-4-15(12-17)16(2)10-11-18/h5-8,15,18H,3-4,9-12H2,1-2H3. The summed E-state index contributed by atoms with van der Waals surface area (Å²) in [5, 5.41) is 9.03. The van der Waals surface area contributed by atoms with Crippen molar-refractivity contribution in [3.05, 3.63) is 29.8 Å². The van der Waals surface area contributed by atoms with Crippen molar-refractivity contribution < 1.29 is 5.11 Å². The van der Waals surface area contributed by atoms with Crippen molar-refractivity contribution in [3.8, 4) is 0 Å². The molecule has 1 aliphatic rings. The third-order valence-corrected chi connectivity index (χ3v) is 3.87. The largest absolute Gasteiger partial charge is 0.395 e. The van der Waals surface area contributed by atoms with Crippen LogP contribution in [-0.2, 0) is 0 Å². The molecule has 1 heterocycles. The van der Waals surface area contributed by atoms with Crippen molar-refractivity contribution in [2.45, 2.75) is 25.8 Å². The molecule has 0 radical (unpaired) electrons. The zero-order valence-corrected chi connectivity index (χ0v) is 11.5. The van der Waals surface area contributed by atoms with E-state index in [-0.39, 0.29) is 6.61 Å². The predicted octanol–water partition coefficient (Wildman–Crippen LogP) is 1.89. The zero-order valence-electron chi connectivity index (χ0n) is 11.5. The van der Waals surface area contributed by atoms with Crippen LogP contribution in [-0.4, -0.2) is 49.3 Å². The molecule has 1 aromatic rings. The molecular weight excluding hydrogens is 224 g/mol. The van der Waals surface area contributed by atoms with Gasteiger partial charge in [-0.25, -0.2) is 0 Å². The fraction of sp³-hybridized carbons (Fsp3) is 0.600. The van der Waals surface area contributed by atoms with Crippen LogP contribution in [0.5, 0.6) is 0 Å². The van der Waals surface area contributed by atoms with Gasteiger partial charge in [0.15, 0.2) is 0 Å². The highest BCUT2D eigenvalue weighted by molar-refractivity contribution is 5.48. The summed E-state index contributed by atoms with van der Waals surface area (Å²) < 4.78 is 0. The van der Waals surface area contributed by atoms with Gasteiger partial charge in [0.2, 0.25) is 0 Å². The molecule has 1 unspecified atom stereocenters. The maximum absolute atomic E-state index is 9.03.